The van der Waals surface area contributed by atoms with E-state index in [4.69, 9.17) is 27.0 Å². The highest BCUT2D eigenvalue weighted by molar-refractivity contribution is 6.28. The van der Waals surface area contributed by atoms with Crippen molar-refractivity contribution in [3.05, 3.63) is 17.0 Å². The van der Waals surface area contributed by atoms with Crippen LogP contribution in [0.5, 0.6) is 0 Å². The first-order valence-electron chi connectivity index (χ1n) is 7.28. The summed E-state index contributed by atoms with van der Waals surface area (Å²) in [6.45, 7) is 1.86. The van der Waals surface area contributed by atoms with Gasteiger partial charge in [0.05, 0.1) is 17.1 Å². The molecule has 8 heteroatoms. The van der Waals surface area contributed by atoms with Crippen LogP contribution in [0.15, 0.2) is 10.6 Å². The predicted molar refractivity (Wildman–Crippen MR) is 82.5 cm³/mol. The van der Waals surface area contributed by atoms with Crippen LogP contribution in [0.4, 0.5) is 5.82 Å². The second-order valence-corrected chi connectivity index (χ2v) is 5.98. The van der Waals surface area contributed by atoms with Gasteiger partial charge >= 0.3 is 0 Å². The van der Waals surface area contributed by atoms with Gasteiger partial charge in [-0.25, -0.2) is 9.67 Å². The molecule has 3 heterocycles. The van der Waals surface area contributed by atoms with E-state index in [1.165, 1.54) is 12.8 Å². The lowest BCUT2D eigenvalue weighted by atomic mass is 10.2. The lowest BCUT2D eigenvalue weighted by Crippen LogP contribution is -2.07. The number of hydrogen-bond acceptors (Lipinski definition) is 6. The molecule has 114 valence electrons. The Labute approximate surface area is 131 Å². The monoisotopic (exact) mass is 318 g/mol. The molecule has 1 aliphatic carbocycles. The summed E-state index contributed by atoms with van der Waals surface area (Å²) in [7, 11) is 0. The van der Waals surface area contributed by atoms with Crippen LogP contribution < -0.4 is 5.73 Å². The Morgan fingerprint density at radius 1 is 1.32 bits per heavy atom. The molecule has 1 fully saturated rings. The Hall–Kier alpha value is -2.15. The zero-order valence-electron chi connectivity index (χ0n) is 12.1. The molecule has 0 atom stereocenters. The first-order chi connectivity index (χ1) is 10.6. The molecule has 0 bridgehead atoms. The molecule has 1 saturated carbocycles. The molecule has 0 amide bonds. The maximum absolute atomic E-state index is 6.06. The molecule has 4 rings (SSSR count). The van der Waals surface area contributed by atoms with Crippen molar-refractivity contribution >= 4 is 28.5 Å². The van der Waals surface area contributed by atoms with Gasteiger partial charge in [0.15, 0.2) is 11.4 Å². The highest BCUT2D eigenvalue weighted by Crippen LogP contribution is 2.37. The van der Waals surface area contributed by atoms with Gasteiger partial charge in [-0.15, -0.1) is 0 Å². The third-order valence-corrected chi connectivity index (χ3v) is 4.25. The fourth-order valence-corrected chi connectivity index (χ4v) is 3.26. The van der Waals surface area contributed by atoms with Gasteiger partial charge in [0, 0.05) is 6.07 Å². The number of nitrogen functional groups attached to an aromatic ring is 1. The van der Waals surface area contributed by atoms with Gasteiger partial charge in [0.2, 0.25) is 5.28 Å². The number of fused-ring (bicyclic) bond motifs is 1. The lowest BCUT2D eigenvalue weighted by molar-refractivity contribution is 0.423. The third kappa shape index (κ3) is 2.04. The molecule has 0 saturated heterocycles. The van der Waals surface area contributed by atoms with Gasteiger partial charge in [-0.3, -0.25) is 0 Å². The summed E-state index contributed by atoms with van der Waals surface area (Å²) < 4.78 is 7.27. The second kappa shape index (κ2) is 4.95. The average molecular weight is 319 g/mol. The molecule has 3 aromatic heterocycles. The van der Waals surface area contributed by atoms with Crippen LogP contribution in [0.1, 0.15) is 37.4 Å². The summed E-state index contributed by atoms with van der Waals surface area (Å²) in [5.41, 5.74) is 8.13. The average Bonchev–Trinajstić information content (AvgIpc) is 3.16. The van der Waals surface area contributed by atoms with E-state index in [1.54, 1.807) is 0 Å². The maximum atomic E-state index is 6.06. The van der Waals surface area contributed by atoms with Gasteiger partial charge in [-0.1, -0.05) is 18.0 Å². The van der Waals surface area contributed by atoms with Gasteiger partial charge in [0.25, 0.3) is 0 Å². The maximum Gasteiger partial charge on any atom is 0.226 e. The number of hydrogen-bond donors (Lipinski definition) is 1. The summed E-state index contributed by atoms with van der Waals surface area (Å²) in [5, 5.41) is 9.42. The van der Waals surface area contributed by atoms with E-state index >= 15 is 0 Å². The van der Waals surface area contributed by atoms with Crippen molar-refractivity contribution in [2.24, 2.45) is 0 Å². The Bertz CT molecular complexity index is 849. The summed E-state index contributed by atoms with van der Waals surface area (Å²) >= 11 is 5.98. The molecular formula is C14H15ClN6O. The Balaban J connectivity index is 2.00. The molecule has 2 N–H and O–H groups in total. The number of nitrogens with zero attached hydrogens (tertiary/aromatic N) is 5. The van der Waals surface area contributed by atoms with Crippen molar-refractivity contribution in [1.29, 1.82) is 0 Å². The number of aromatic nitrogens is 5. The standard InChI is InChI=1S/C14H15ClN6O/c1-7-6-9(22-20-7)11-10-12(16)17-14(15)18-13(10)21(19-11)8-4-2-3-5-8/h6,8H,2-5H2,1H3,(H2,16,17,18). The van der Waals surface area contributed by atoms with Crippen LogP contribution >= 0.6 is 11.6 Å². The number of halogens is 1. The zero-order valence-corrected chi connectivity index (χ0v) is 12.8. The third-order valence-electron chi connectivity index (χ3n) is 4.08. The highest BCUT2D eigenvalue weighted by atomic mass is 35.5. The number of aryl methyl sites for hydroxylation is 1. The molecule has 3 aromatic rings. The SMILES string of the molecule is Cc1cc(-c2nn(C3CCCC3)c3nc(Cl)nc(N)c23)on1. The Kier molecular flexibility index (Phi) is 3.04. The minimum Gasteiger partial charge on any atom is -0.383 e. The summed E-state index contributed by atoms with van der Waals surface area (Å²) in [6, 6.07) is 2.14. The molecule has 1 aliphatic rings. The molecule has 0 spiro atoms. The first-order valence-corrected chi connectivity index (χ1v) is 7.66. The van der Waals surface area contributed by atoms with E-state index in [2.05, 4.69) is 15.1 Å². The minimum atomic E-state index is 0.129. The van der Waals surface area contributed by atoms with Gasteiger partial charge < -0.3 is 10.3 Å². The van der Waals surface area contributed by atoms with Crippen molar-refractivity contribution in [1.82, 2.24) is 24.9 Å². The molecule has 0 unspecified atom stereocenters. The number of nitrogens with two attached hydrogens (primary N) is 1. The second-order valence-electron chi connectivity index (χ2n) is 5.64. The normalized spacial score (nSPS) is 15.9. The summed E-state index contributed by atoms with van der Waals surface area (Å²) in [5.74, 6) is 0.875. The Morgan fingerprint density at radius 3 is 2.77 bits per heavy atom. The van der Waals surface area contributed by atoms with Crippen molar-refractivity contribution < 1.29 is 4.52 Å². The van der Waals surface area contributed by atoms with Crippen LogP contribution in [0.25, 0.3) is 22.5 Å². The van der Waals surface area contributed by atoms with Crippen LogP contribution in [-0.2, 0) is 0 Å². The Morgan fingerprint density at radius 2 is 2.09 bits per heavy atom. The van der Waals surface area contributed by atoms with Crippen LogP contribution in [0, 0.1) is 6.92 Å². The smallest absolute Gasteiger partial charge is 0.226 e. The molecule has 0 radical (unpaired) electrons. The van der Waals surface area contributed by atoms with Crippen molar-refractivity contribution in [2.75, 3.05) is 5.73 Å². The molecule has 22 heavy (non-hydrogen) atoms. The fraction of sp³-hybridized carbons (Fsp3) is 0.429. The summed E-state index contributed by atoms with van der Waals surface area (Å²) in [6.07, 6.45) is 4.54. The van der Waals surface area contributed by atoms with E-state index in [9.17, 15) is 0 Å². The van der Waals surface area contributed by atoms with E-state index in [1.807, 2.05) is 17.7 Å². The van der Waals surface area contributed by atoms with Gasteiger partial charge in [-0.05, 0) is 31.4 Å². The molecule has 7 nitrogen and oxygen atoms in total. The van der Waals surface area contributed by atoms with Crippen molar-refractivity contribution in [2.45, 2.75) is 38.6 Å². The first kappa shape index (κ1) is 13.5. The lowest BCUT2D eigenvalue weighted by Gasteiger charge is -2.10. The highest BCUT2D eigenvalue weighted by Gasteiger charge is 2.26. The molecular weight excluding hydrogens is 304 g/mol. The molecule has 0 aromatic carbocycles. The summed E-state index contributed by atoms with van der Waals surface area (Å²) in [4.78, 5) is 8.40. The van der Waals surface area contributed by atoms with Gasteiger partial charge in [-0.2, -0.15) is 10.1 Å². The van der Waals surface area contributed by atoms with E-state index in [0.29, 0.717) is 34.3 Å². The number of rotatable bonds is 2. The van der Waals surface area contributed by atoms with E-state index in [-0.39, 0.29) is 5.28 Å². The van der Waals surface area contributed by atoms with E-state index in [0.717, 1.165) is 18.5 Å². The number of anilines is 1. The zero-order chi connectivity index (χ0) is 15.3. The van der Waals surface area contributed by atoms with Crippen molar-refractivity contribution in [3.8, 4) is 11.5 Å². The topological polar surface area (TPSA) is 95.7 Å². The molecule has 0 aliphatic heterocycles. The van der Waals surface area contributed by atoms with Crippen LogP contribution in [0.3, 0.4) is 0 Å². The largest absolute Gasteiger partial charge is 0.383 e. The minimum absolute atomic E-state index is 0.129. The van der Waals surface area contributed by atoms with Crippen molar-refractivity contribution in [3.63, 3.8) is 0 Å². The van der Waals surface area contributed by atoms with Gasteiger partial charge in [0.1, 0.15) is 11.5 Å². The van der Waals surface area contributed by atoms with Crippen LogP contribution in [0.2, 0.25) is 5.28 Å². The van der Waals surface area contributed by atoms with E-state index < -0.39 is 0 Å². The predicted octanol–water partition coefficient (Wildman–Crippen LogP) is 3.14. The quantitative estimate of drug-likeness (QED) is 0.729. The van der Waals surface area contributed by atoms with Crippen LogP contribution in [-0.4, -0.2) is 24.9 Å². The fourth-order valence-electron chi connectivity index (χ4n) is 3.09.